The maximum Gasteiger partial charge on any atom is 0.175 e. The quantitative estimate of drug-likeness (QED) is 0.437. The van der Waals surface area contributed by atoms with E-state index in [2.05, 4.69) is 17.5 Å². The van der Waals surface area contributed by atoms with E-state index in [0.29, 0.717) is 11.6 Å². The fourth-order valence-corrected chi connectivity index (χ4v) is 1.98. The predicted molar refractivity (Wildman–Crippen MR) is 89.5 cm³/mol. The standard InChI is InChI=1S/C17H18ClFN2O/c1-2-3-11-22-16-10-9-15(18)14(17(16)19)12-20-21-13-7-5-4-6-8-13/h4-10,12,21H,2-3,11H2,1H3. The van der Waals surface area contributed by atoms with Gasteiger partial charge >= 0.3 is 0 Å². The Hall–Kier alpha value is -2.07. The molecular weight excluding hydrogens is 303 g/mol. The first kappa shape index (κ1) is 16.3. The number of ether oxygens (including phenoxy) is 1. The Morgan fingerprint density at radius 1 is 1.23 bits per heavy atom. The molecule has 2 aromatic rings. The molecule has 0 aliphatic carbocycles. The molecule has 5 heteroatoms. The highest BCUT2D eigenvalue weighted by Crippen LogP contribution is 2.26. The normalized spacial score (nSPS) is 10.9. The molecule has 0 bridgehead atoms. The van der Waals surface area contributed by atoms with E-state index in [1.807, 2.05) is 30.3 Å². The topological polar surface area (TPSA) is 33.6 Å². The minimum absolute atomic E-state index is 0.194. The van der Waals surface area contributed by atoms with Gasteiger partial charge in [0, 0.05) is 0 Å². The number of nitrogens with zero attached hydrogens (tertiary/aromatic N) is 1. The molecule has 1 N–H and O–H groups in total. The van der Waals surface area contributed by atoms with Crippen LogP contribution in [0.5, 0.6) is 5.75 Å². The summed E-state index contributed by atoms with van der Waals surface area (Å²) in [5.74, 6) is -0.304. The van der Waals surface area contributed by atoms with Gasteiger partial charge in [0.2, 0.25) is 0 Å². The van der Waals surface area contributed by atoms with Gasteiger partial charge in [-0.3, -0.25) is 5.43 Å². The third kappa shape index (κ3) is 4.46. The molecule has 0 amide bonds. The van der Waals surface area contributed by atoms with Crippen LogP contribution in [0.2, 0.25) is 5.02 Å². The Morgan fingerprint density at radius 3 is 2.73 bits per heavy atom. The fourth-order valence-electron chi connectivity index (χ4n) is 1.79. The summed E-state index contributed by atoms with van der Waals surface area (Å²) in [4.78, 5) is 0. The van der Waals surface area contributed by atoms with Crippen molar-refractivity contribution in [2.75, 3.05) is 12.0 Å². The van der Waals surface area contributed by atoms with Crippen LogP contribution >= 0.6 is 11.6 Å². The van der Waals surface area contributed by atoms with Crippen LogP contribution in [-0.4, -0.2) is 12.8 Å². The van der Waals surface area contributed by atoms with Crippen LogP contribution in [0.15, 0.2) is 47.6 Å². The lowest BCUT2D eigenvalue weighted by Crippen LogP contribution is -2.02. The van der Waals surface area contributed by atoms with Crippen molar-refractivity contribution in [3.8, 4) is 5.75 Å². The summed E-state index contributed by atoms with van der Waals surface area (Å²) < 4.78 is 19.8. The van der Waals surface area contributed by atoms with Gasteiger partial charge in [-0.2, -0.15) is 5.10 Å². The number of halogens is 2. The van der Waals surface area contributed by atoms with E-state index >= 15 is 0 Å². The number of hydrogen-bond donors (Lipinski definition) is 1. The van der Waals surface area contributed by atoms with Gasteiger partial charge in [-0.05, 0) is 30.7 Å². The Labute approximate surface area is 134 Å². The van der Waals surface area contributed by atoms with Crippen molar-refractivity contribution in [1.29, 1.82) is 0 Å². The number of hydrogen-bond acceptors (Lipinski definition) is 3. The molecule has 0 radical (unpaired) electrons. The maximum absolute atomic E-state index is 14.4. The third-order valence-corrected chi connectivity index (χ3v) is 3.34. The van der Waals surface area contributed by atoms with E-state index in [9.17, 15) is 4.39 Å². The van der Waals surface area contributed by atoms with E-state index in [0.717, 1.165) is 18.5 Å². The van der Waals surface area contributed by atoms with E-state index in [1.54, 1.807) is 6.07 Å². The van der Waals surface area contributed by atoms with Gasteiger partial charge in [0.25, 0.3) is 0 Å². The summed E-state index contributed by atoms with van der Waals surface area (Å²) in [7, 11) is 0. The number of hydrazone groups is 1. The molecule has 0 heterocycles. The van der Waals surface area contributed by atoms with E-state index in [-0.39, 0.29) is 11.3 Å². The van der Waals surface area contributed by atoms with Gasteiger partial charge < -0.3 is 4.74 Å². The molecule has 22 heavy (non-hydrogen) atoms. The summed E-state index contributed by atoms with van der Waals surface area (Å²) in [5.41, 5.74) is 3.84. The van der Waals surface area contributed by atoms with Gasteiger partial charge in [-0.25, -0.2) is 4.39 Å². The molecule has 0 atom stereocenters. The predicted octanol–water partition coefficient (Wildman–Crippen LogP) is 5.10. The van der Waals surface area contributed by atoms with E-state index < -0.39 is 5.82 Å². The minimum atomic E-state index is -0.498. The average Bonchev–Trinajstić information content (AvgIpc) is 2.54. The monoisotopic (exact) mass is 320 g/mol. The molecule has 0 aromatic heterocycles. The van der Waals surface area contributed by atoms with Crippen LogP contribution < -0.4 is 10.2 Å². The molecule has 2 aromatic carbocycles. The lowest BCUT2D eigenvalue weighted by molar-refractivity contribution is 0.294. The smallest absolute Gasteiger partial charge is 0.175 e. The van der Waals surface area contributed by atoms with Crippen LogP contribution in [0.25, 0.3) is 0 Å². The van der Waals surface area contributed by atoms with Gasteiger partial charge in [0.15, 0.2) is 11.6 Å². The number of rotatable bonds is 7. The van der Waals surface area contributed by atoms with Crippen molar-refractivity contribution in [2.24, 2.45) is 5.10 Å². The van der Waals surface area contributed by atoms with Gasteiger partial charge in [0.1, 0.15) is 0 Å². The Morgan fingerprint density at radius 2 is 2.00 bits per heavy atom. The SMILES string of the molecule is CCCCOc1ccc(Cl)c(C=NNc2ccccc2)c1F. The third-order valence-electron chi connectivity index (χ3n) is 3.01. The van der Waals surface area contributed by atoms with Crippen molar-refractivity contribution in [1.82, 2.24) is 0 Å². The van der Waals surface area contributed by atoms with Gasteiger partial charge in [0.05, 0.1) is 29.1 Å². The van der Waals surface area contributed by atoms with Crippen LogP contribution in [0.1, 0.15) is 25.3 Å². The lowest BCUT2D eigenvalue weighted by Gasteiger charge is -2.09. The second kappa shape index (κ2) is 8.39. The summed E-state index contributed by atoms with van der Waals surface area (Å²) in [6.45, 7) is 2.53. The largest absolute Gasteiger partial charge is 0.490 e. The van der Waals surface area contributed by atoms with E-state index in [4.69, 9.17) is 16.3 Å². The molecule has 0 fully saturated rings. The zero-order valence-electron chi connectivity index (χ0n) is 12.4. The van der Waals surface area contributed by atoms with Crippen molar-refractivity contribution >= 4 is 23.5 Å². The molecule has 0 aliphatic rings. The molecule has 0 unspecified atom stereocenters. The highest BCUT2D eigenvalue weighted by Gasteiger charge is 2.12. The van der Waals surface area contributed by atoms with Crippen molar-refractivity contribution < 1.29 is 9.13 Å². The van der Waals surface area contributed by atoms with Crippen molar-refractivity contribution in [2.45, 2.75) is 19.8 Å². The highest BCUT2D eigenvalue weighted by molar-refractivity contribution is 6.33. The van der Waals surface area contributed by atoms with Crippen LogP contribution in [-0.2, 0) is 0 Å². The molecule has 0 saturated heterocycles. The summed E-state index contributed by atoms with van der Waals surface area (Å²) in [6, 6.07) is 12.5. The summed E-state index contributed by atoms with van der Waals surface area (Å²) >= 11 is 6.03. The number of nitrogens with one attached hydrogen (secondary N) is 1. The Kier molecular flexibility index (Phi) is 6.22. The molecule has 116 valence electrons. The minimum Gasteiger partial charge on any atom is -0.490 e. The zero-order chi connectivity index (χ0) is 15.8. The summed E-state index contributed by atoms with van der Waals surface area (Å²) in [6.07, 6.45) is 3.23. The van der Waals surface area contributed by atoms with Crippen LogP contribution in [0.4, 0.5) is 10.1 Å². The Balaban J connectivity index is 2.10. The maximum atomic E-state index is 14.4. The number of benzene rings is 2. The molecule has 0 aliphatic heterocycles. The second-order valence-corrected chi connectivity index (χ2v) is 5.12. The first-order valence-electron chi connectivity index (χ1n) is 7.17. The summed E-state index contributed by atoms with van der Waals surface area (Å²) in [5, 5.41) is 4.31. The lowest BCUT2D eigenvalue weighted by atomic mass is 10.2. The first-order valence-corrected chi connectivity index (χ1v) is 7.55. The molecule has 0 saturated carbocycles. The second-order valence-electron chi connectivity index (χ2n) is 4.71. The molecule has 0 spiro atoms. The van der Waals surface area contributed by atoms with E-state index in [1.165, 1.54) is 12.3 Å². The fraction of sp³-hybridized carbons (Fsp3) is 0.235. The Bertz CT molecular complexity index is 632. The van der Waals surface area contributed by atoms with Crippen LogP contribution in [0, 0.1) is 5.82 Å². The molecular formula is C17H18ClFN2O. The number of para-hydroxylation sites is 1. The molecule has 2 rings (SSSR count). The first-order chi connectivity index (χ1) is 10.7. The highest BCUT2D eigenvalue weighted by atomic mass is 35.5. The van der Waals surface area contributed by atoms with Gasteiger partial charge in [-0.15, -0.1) is 0 Å². The molecule has 3 nitrogen and oxygen atoms in total. The van der Waals surface area contributed by atoms with Crippen molar-refractivity contribution in [3.05, 3.63) is 58.9 Å². The van der Waals surface area contributed by atoms with Crippen molar-refractivity contribution in [3.63, 3.8) is 0 Å². The number of unbranched alkanes of at least 4 members (excludes halogenated alkanes) is 1. The van der Waals surface area contributed by atoms with Crippen LogP contribution in [0.3, 0.4) is 0 Å². The number of anilines is 1. The van der Waals surface area contributed by atoms with Gasteiger partial charge in [-0.1, -0.05) is 43.1 Å². The zero-order valence-corrected chi connectivity index (χ0v) is 13.1. The average molecular weight is 321 g/mol.